The van der Waals surface area contributed by atoms with Crippen molar-refractivity contribution in [2.45, 2.75) is 0 Å². The van der Waals surface area contributed by atoms with E-state index in [1.165, 1.54) is 43.3 Å². The fraction of sp³-hybridized carbons (Fsp3) is 0.333. The van der Waals surface area contributed by atoms with E-state index >= 15 is 0 Å². The molecule has 1 aromatic carbocycles. The van der Waals surface area contributed by atoms with Gasteiger partial charge in [0.25, 0.3) is 11.6 Å². The molecule has 0 unspecified atom stereocenters. The molecule has 8 nitrogen and oxygen atoms in total. The lowest BCUT2D eigenvalue weighted by Crippen LogP contribution is -2.39. The van der Waals surface area contributed by atoms with Crippen LogP contribution in [0.2, 0.25) is 0 Å². The van der Waals surface area contributed by atoms with Crippen molar-refractivity contribution in [1.29, 1.82) is 0 Å². The van der Waals surface area contributed by atoms with E-state index in [-0.39, 0.29) is 30.7 Å². The van der Waals surface area contributed by atoms with E-state index in [2.05, 4.69) is 5.32 Å². The highest BCUT2D eigenvalue weighted by Crippen LogP contribution is 2.17. The Kier molecular flexibility index (Phi) is 5.45. The van der Waals surface area contributed by atoms with E-state index < -0.39 is 4.92 Å². The van der Waals surface area contributed by atoms with Crippen LogP contribution in [0.15, 0.2) is 24.3 Å². The number of carbonyl (C=O) groups excluding carboxylic acids is 2. The first-order chi connectivity index (χ1) is 9.43. The van der Waals surface area contributed by atoms with Gasteiger partial charge in [-0.2, -0.15) is 0 Å². The Balaban J connectivity index is 2.48. The Labute approximate surface area is 115 Å². The van der Waals surface area contributed by atoms with Crippen LogP contribution >= 0.6 is 0 Å². The number of rotatable bonds is 6. The Morgan fingerprint density at radius 1 is 1.35 bits per heavy atom. The number of ether oxygens (including phenoxy) is 1. The summed E-state index contributed by atoms with van der Waals surface area (Å²) in [6.45, 7) is -0.301. The molecule has 1 rings (SSSR count). The molecule has 0 aliphatic heterocycles. The van der Waals surface area contributed by atoms with Crippen LogP contribution in [0.5, 0.6) is 5.75 Å². The van der Waals surface area contributed by atoms with Crippen LogP contribution in [-0.4, -0.2) is 48.9 Å². The maximum Gasteiger partial charge on any atom is 0.269 e. The smallest absolute Gasteiger partial charge is 0.269 e. The van der Waals surface area contributed by atoms with Gasteiger partial charge < -0.3 is 15.0 Å². The lowest BCUT2D eigenvalue weighted by atomic mass is 10.3. The first-order valence-corrected chi connectivity index (χ1v) is 5.76. The van der Waals surface area contributed by atoms with Gasteiger partial charge in [0.2, 0.25) is 5.91 Å². The Hall–Kier alpha value is -2.64. The highest BCUT2D eigenvalue weighted by molar-refractivity contribution is 5.85. The van der Waals surface area contributed by atoms with Crippen LogP contribution in [0.25, 0.3) is 0 Å². The summed E-state index contributed by atoms with van der Waals surface area (Å²) in [5.74, 6) is -0.305. The van der Waals surface area contributed by atoms with E-state index in [4.69, 9.17) is 4.74 Å². The predicted octanol–water partition coefficient (Wildman–Crippen LogP) is 0.178. The summed E-state index contributed by atoms with van der Waals surface area (Å²) in [6.07, 6.45) is 0. The average Bonchev–Trinajstić information content (AvgIpc) is 2.44. The van der Waals surface area contributed by atoms with Crippen LogP contribution in [0.4, 0.5) is 5.69 Å². The third kappa shape index (κ3) is 4.56. The minimum atomic E-state index is -0.522. The van der Waals surface area contributed by atoms with Gasteiger partial charge in [-0.05, 0) is 12.1 Å². The zero-order valence-corrected chi connectivity index (χ0v) is 11.2. The molecule has 1 aromatic rings. The highest BCUT2D eigenvalue weighted by atomic mass is 16.6. The van der Waals surface area contributed by atoms with Crippen molar-refractivity contribution in [2.75, 3.05) is 27.2 Å². The monoisotopic (exact) mass is 281 g/mol. The van der Waals surface area contributed by atoms with Crippen LogP contribution in [0, 0.1) is 10.1 Å². The molecule has 0 saturated carbocycles. The maximum atomic E-state index is 11.7. The zero-order valence-electron chi connectivity index (χ0n) is 11.2. The standard InChI is InChI=1S/C12H15N3O5/c1-13-11(16)7-14(2)12(17)8-20-10-5-3-9(4-6-10)15(18)19/h3-6H,7-8H2,1-2H3,(H,13,16). The summed E-state index contributed by atoms with van der Waals surface area (Å²) in [5, 5.41) is 12.9. The third-order valence-electron chi connectivity index (χ3n) is 2.50. The number of nitro benzene ring substituents is 1. The molecule has 1 N–H and O–H groups in total. The molecule has 108 valence electrons. The first-order valence-electron chi connectivity index (χ1n) is 5.76. The molecule has 0 fully saturated rings. The largest absolute Gasteiger partial charge is 0.484 e. The van der Waals surface area contributed by atoms with Crippen molar-refractivity contribution in [1.82, 2.24) is 10.2 Å². The molecule has 0 aromatic heterocycles. The van der Waals surface area contributed by atoms with Crippen molar-refractivity contribution >= 4 is 17.5 Å². The van der Waals surface area contributed by atoms with Crippen molar-refractivity contribution in [3.8, 4) is 5.75 Å². The Morgan fingerprint density at radius 2 is 1.95 bits per heavy atom. The first kappa shape index (κ1) is 15.4. The van der Waals surface area contributed by atoms with Crippen molar-refractivity contribution in [3.05, 3.63) is 34.4 Å². The van der Waals surface area contributed by atoms with E-state index in [9.17, 15) is 19.7 Å². The fourth-order valence-corrected chi connectivity index (χ4v) is 1.30. The molecule has 0 saturated heterocycles. The quantitative estimate of drug-likeness (QED) is 0.592. The topological polar surface area (TPSA) is 102 Å². The van der Waals surface area contributed by atoms with Gasteiger partial charge in [-0.1, -0.05) is 0 Å². The molecule has 20 heavy (non-hydrogen) atoms. The number of hydrogen-bond donors (Lipinski definition) is 1. The number of hydrogen-bond acceptors (Lipinski definition) is 5. The van der Waals surface area contributed by atoms with Gasteiger partial charge >= 0.3 is 0 Å². The molecule has 0 aliphatic rings. The number of carbonyl (C=O) groups is 2. The van der Waals surface area contributed by atoms with Gasteiger partial charge in [-0.15, -0.1) is 0 Å². The predicted molar refractivity (Wildman–Crippen MR) is 70.3 cm³/mol. The summed E-state index contributed by atoms with van der Waals surface area (Å²) in [6, 6.07) is 5.39. The molecule has 0 heterocycles. The minimum absolute atomic E-state index is 0.0552. The minimum Gasteiger partial charge on any atom is -0.484 e. The number of amides is 2. The molecule has 0 aliphatic carbocycles. The second kappa shape index (κ2) is 7.07. The summed E-state index contributed by atoms with van der Waals surface area (Å²) in [5.41, 5.74) is -0.0552. The molecule has 0 atom stereocenters. The molecular formula is C12H15N3O5. The molecule has 8 heteroatoms. The number of nitrogens with zero attached hydrogens (tertiary/aromatic N) is 2. The van der Waals surface area contributed by atoms with Gasteiger partial charge in [0.15, 0.2) is 6.61 Å². The zero-order chi connectivity index (χ0) is 15.1. The number of nitrogens with one attached hydrogen (secondary N) is 1. The van der Waals surface area contributed by atoms with Crippen LogP contribution in [-0.2, 0) is 9.59 Å². The van der Waals surface area contributed by atoms with Crippen molar-refractivity contribution in [3.63, 3.8) is 0 Å². The molecular weight excluding hydrogens is 266 g/mol. The second-order valence-corrected chi connectivity index (χ2v) is 3.96. The van der Waals surface area contributed by atoms with Gasteiger partial charge in [-0.3, -0.25) is 19.7 Å². The summed E-state index contributed by atoms with van der Waals surface area (Å²) in [4.78, 5) is 33.9. The van der Waals surface area contributed by atoms with Crippen molar-refractivity contribution in [2.24, 2.45) is 0 Å². The van der Waals surface area contributed by atoms with Crippen molar-refractivity contribution < 1.29 is 19.2 Å². The number of non-ortho nitro benzene ring substituents is 1. The number of benzene rings is 1. The Morgan fingerprint density at radius 3 is 2.45 bits per heavy atom. The van der Waals surface area contributed by atoms with Gasteiger partial charge in [0, 0.05) is 26.2 Å². The lowest BCUT2D eigenvalue weighted by molar-refractivity contribution is -0.384. The molecule has 0 spiro atoms. The molecule has 0 bridgehead atoms. The van der Waals surface area contributed by atoms with Crippen LogP contribution in [0.3, 0.4) is 0 Å². The van der Waals surface area contributed by atoms with Gasteiger partial charge in [0.05, 0.1) is 11.5 Å². The summed E-state index contributed by atoms with van der Waals surface area (Å²) in [7, 11) is 2.96. The van der Waals surface area contributed by atoms with Gasteiger partial charge in [-0.25, -0.2) is 0 Å². The second-order valence-electron chi connectivity index (χ2n) is 3.96. The van der Waals surface area contributed by atoms with E-state index in [1.54, 1.807) is 0 Å². The number of likely N-dealkylation sites (N-methyl/N-ethyl adjacent to an activating group) is 2. The molecule has 2 amide bonds. The van der Waals surface area contributed by atoms with E-state index in [1.807, 2.05) is 0 Å². The van der Waals surface area contributed by atoms with Crippen LogP contribution in [0.1, 0.15) is 0 Å². The highest BCUT2D eigenvalue weighted by Gasteiger charge is 2.13. The third-order valence-corrected chi connectivity index (χ3v) is 2.50. The molecule has 0 radical (unpaired) electrons. The number of nitro groups is 1. The lowest BCUT2D eigenvalue weighted by Gasteiger charge is -2.16. The van der Waals surface area contributed by atoms with Crippen LogP contribution < -0.4 is 10.1 Å². The average molecular weight is 281 g/mol. The van der Waals surface area contributed by atoms with Gasteiger partial charge in [0.1, 0.15) is 5.75 Å². The summed E-state index contributed by atoms with van der Waals surface area (Å²) < 4.78 is 5.19. The Bertz CT molecular complexity index is 500. The van der Waals surface area contributed by atoms with E-state index in [0.717, 1.165) is 0 Å². The van der Waals surface area contributed by atoms with E-state index in [0.29, 0.717) is 5.75 Å². The maximum absolute atomic E-state index is 11.7. The normalized spacial score (nSPS) is 9.70. The fourth-order valence-electron chi connectivity index (χ4n) is 1.30. The summed E-state index contributed by atoms with van der Waals surface area (Å²) >= 11 is 0. The SMILES string of the molecule is CNC(=O)CN(C)C(=O)COc1ccc([N+](=O)[O-])cc1.